The fourth-order valence-electron chi connectivity index (χ4n) is 3.61. The highest BCUT2D eigenvalue weighted by molar-refractivity contribution is 7.21. The van der Waals surface area contributed by atoms with Gasteiger partial charge in [0.25, 0.3) is 0 Å². The number of rotatable bonds is 9. The van der Waals surface area contributed by atoms with Crippen molar-refractivity contribution in [1.29, 1.82) is 0 Å². The molecule has 0 amide bonds. The highest BCUT2D eigenvalue weighted by Gasteiger charge is 2.07. The zero-order chi connectivity index (χ0) is 22.5. The van der Waals surface area contributed by atoms with Gasteiger partial charge in [-0.2, -0.15) is 0 Å². The summed E-state index contributed by atoms with van der Waals surface area (Å²) in [7, 11) is 0. The lowest BCUT2D eigenvalue weighted by Crippen LogP contribution is -2.01. The third-order valence-corrected chi connectivity index (χ3v) is 6.38. The van der Waals surface area contributed by atoms with Gasteiger partial charge < -0.3 is 13.9 Å². The first-order valence-electron chi connectivity index (χ1n) is 11.0. The second-order valence-electron chi connectivity index (χ2n) is 7.73. The van der Waals surface area contributed by atoms with Gasteiger partial charge in [0.05, 0.1) is 23.4 Å². The Balaban J connectivity index is 1.07. The minimum atomic E-state index is -0.356. The van der Waals surface area contributed by atoms with Crippen molar-refractivity contribution in [3.05, 3.63) is 89.3 Å². The number of fused-ring (bicyclic) bond motifs is 2. The number of para-hydroxylation sites is 1. The smallest absolute Gasteiger partial charge is 0.336 e. The molecule has 0 saturated carbocycles. The van der Waals surface area contributed by atoms with Crippen LogP contribution in [0.1, 0.15) is 19.3 Å². The lowest BCUT2D eigenvalue weighted by molar-refractivity contribution is 0.279. The molecule has 0 radical (unpaired) electrons. The summed E-state index contributed by atoms with van der Waals surface area (Å²) >= 11 is 1.69. The monoisotopic (exact) mass is 457 g/mol. The van der Waals surface area contributed by atoms with Gasteiger partial charge in [-0.15, -0.1) is 11.3 Å². The Bertz CT molecular complexity index is 1410. The number of unbranched alkanes of at least 4 members (excludes halogenated alkanes) is 2. The lowest BCUT2D eigenvalue weighted by atomic mass is 10.2. The molecule has 0 aliphatic heterocycles. The van der Waals surface area contributed by atoms with Crippen LogP contribution in [0.25, 0.3) is 31.8 Å². The average molecular weight is 458 g/mol. The minimum absolute atomic E-state index is 0.356. The maximum Gasteiger partial charge on any atom is 0.336 e. The summed E-state index contributed by atoms with van der Waals surface area (Å²) in [5.74, 6) is 1.57. The minimum Gasteiger partial charge on any atom is -0.494 e. The third-order valence-electron chi connectivity index (χ3n) is 5.30. The summed E-state index contributed by atoms with van der Waals surface area (Å²) in [6, 6.07) is 25.0. The van der Waals surface area contributed by atoms with Gasteiger partial charge in [0.2, 0.25) is 0 Å². The molecule has 6 heteroatoms. The number of hydrogen-bond acceptors (Lipinski definition) is 6. The second-order valence-corrected chi connectivity index (χ2v) is 8.76. The zero-order valence-electron chi connectivity index (χ0n) is 18.0. The van der Waals surface area contributed by atoms with Gasteiger partial charge >= 0.3 is 5.63 Å². The van der Waals surface area contributed by atoms with Crippen LogP contribution < -0.4 is 15.1 Å². The summed E-state index contributed by atoms with van der Waals surface area (Å²) in [6.07, 6.45) is 2.87. The van der Waals surface area contributed by atoms with Crippen LogP contribution in [-0.2, 0) is 0 Å². The van der Waals surface area contributed by atoms with E-state index in [4.69, 9.17) is 18.9 Å². The molecule has 0 aliphatic rings. The molecule has 33 heavy (non-hydrogen) atoms. The number of hydrogen-bond donors (Lipinski definition) is 0. The summed E-state index contributed by atoms with van der Waals surface area (Å²) in [6.45, 7) is 1.26. The summed E-state index contributed by atoms with van der Waals surface area (Å²) in [5, 5.41) is 1.89. The van der Waals surface area contributed by atoms with Gasteiger partial charge in [-0.25, -0.2) is 9.78 Å². The molecule has 0 unspecified atom stereocenters. The molecule has 0 spiro atoms. The summed E-state index contributed by atoms with van der Waals surface area (Å²) in [5.41, 5.74) is 2.29. The van der Waals surface area contributed by atoms with Gasteiger partial charge in [-0.1, -0.05) is 24.3 Å². The quantitative estimate of drug-likeness (QED) is 0.182. The molecular weight excluding hydrogens is 434 g/mol. The molecule has 3 aromatic carbocycles. The Morgan fingerprint density at radius 3 is 2.42 bits per heavy atom. The van der Waals surface area contributed by atoms with E-state index in [0.29, 0.717) is 24.5 Å². The summed E-state index contributed by atoms with van der Waals surface area (Å²) < 4.78 is 18.1. The third kappa shape index (κ3) is 5.23. The van der Waals surface area contributed by atoms with Crippen LogP contribution in [0.2, 0.25) is 0 Å². The zero-order valence-corrected chi connectivity index (χ0v) is 18.8. The maximum atomic E-state index is 11.4. The van der Waals surface area contributed by atoms with E-state index >= 15 is 0 Å². The van der Waals surface area contributed by atoms with E-state index in [1.54, 1.807) is 23.5 Å². The molecule has 5 rings (SSSR count). The van der Waals surface area contributed by atoms with Crippen LogP contribution in [0.5, 0.6) is 11.5 Å². The fraction of sp³-hybridized carbons (Fsp3) is 0.185. The molecule has 0 fully saturated rings. The molecule has 0 saturated heterocycles. The highest BCUT2D eigenvalue weighted by Crippen LogP contribution is 2.31. The molecule has 0 atom stereocenters. The van der Waals surface area contributed by atoms with E-state index in [9.17, 15) is 4.79 Å². The van der Waals surface area contributed by atoms with Crippen LogP contribution in [0, 0.1) is 0 Å². The van der Waals surface area contributed by atoms with E-state index < -0.39 is 0 Å². The van der Waals surface area contributed by atoms with Gasteiger partial charge in [0.1, 0.15) is 22.1 Å². The van der Waals surface area contributed by atoms with Crippen molar-refractivity contribution in [3.8, 4) is 22.1 Å². The predicted octanol–water partition coefficient (Wildman–Crippen LogP) is 6.70. The molecule has 166 valence electrons. The topological polar surface area (TPSA) is 61.6 Å². The van der Waals surface area contributed by atoms with Crippen LogP contribution in [-0.4, -0.2) is 18.2 Å². The Morgan fingerprint density at radius 1 is 0.788 bits per heavy atom. The molecule has 0 bridgehead atoms. The number of thiazole rings is 1. The Labute approximate surface area is 195 Å². The largest absolute Gasteiger partial charge is 0.494 e. The number of benzene rings is 3. The number of nitrogens with zero attached hydrogens (tertiary/aromatic N) is 1. The van der Waals surface area contributed by atoms with Crippen molar-refractivity contribution < 1.29 is 13.9 Å². The van der Waals surface area contributed by atoms with Crippen molar-refractivity contribution in [1.82, 2.24) is 4.98 Å². The van der Waals surface area contributed by atoms with Crippen LogP contribution in [0.3, 0.4) is 0 Å². The van der Waals surface area contributed by atoms with Gasteiger partial charge in [-0.05, 0) is 61.7 Å². The second kappa shape index (κ2) is 9.88. The van der Waals surface area contributed by atoms with Gasteiger partial charge in [-0.3, -0.25) is 0 Å². The number of ether oxygens (including phenoxy) is 2. The molecular formula is C27H23NO4S. The average Bonchev–Trinajstić information content (AvgIpc) is 3.28. The number of aromatic nitrogens is 1. The Hall–Kier alpha value is -3.64. The van der Waals surface area contributed by atoms with Crippen molar-refractivity contribution in [2.45, 2.75) is 19.3 Å². The standard InChI is InChI=1S/C27H23NO4S/c29-26-14-12-19-11-13-22(18-24(19)32-26)31-16-5-1-4-15-30-21-8-6-7-20(17-21)27-28-23-9-2-3-10-25(23)33-27/h2-3,6-14,17-18H,1,4-5,15-16H2. The Kier molecular flexibility index (Phi) is 6.35. The lowest BCUT2D eigenvalue weighted by Gasteiger charge is -2.08. The molecule has 5 nitrogen and oxygen atoms in total. The van der Waals surface area contributed by atoms with Crippen molar-refractivity contribution in [2.24, 2.45) is 0 Å². The normalized spacial score (nSPS) is 11.2. The molecule has 2 aromatic heterocycles. The van der Waals surface area contributed by atoms with E-state index in [1.165, 1.54) is 10.8 Å². The van der Waals surface area contributed by atoms with E-state index in [2.05, 4.69) is 18.2 Å². The summed E-state index contributed by atoms with van der Waals surface area (Å²) in [4.78, 5) is 16.1. The SMILES string of the molecule is O=c1ccc2ccc(OCCCCCOc3cccc(-c4nc5ccccc5s4)c3)cc2o1. The van der Waals surface area contributed by atoms with Crippen LogP contribution in [0.15, 0.2) is 88.1 Å². The van der Waals surface area contributed by atoms with Crippen molar-refractivity contribution in [3.63, 3.8) is 0 Å². The van der Waals surface area contributed by atoms with Gasteiger partial charge in [0, 0.05) is 23.1 Å². The highest BCUT2D eigenvalue weighted by atomic mass is 32.1. The van der Waals surface area contributed by atoms with E-state index in [-0.39, 0.29) is 5.63 Å². The molecule has 0 N–H and O–H groups in total. The van der Waals surface area contributed by atoms with Crippen LogP contribution >= 0.6 is 11.3 Å². The molecule has 2 heterocycles. The first-order valence-corrected chi connectivity index (χ1v) is 11.8. The first kappa shape index (κ1) is 21.2. The van der Waals surface area contributed by atoms with Gasteiger partial charge in [0.15, 0.2) is 0 Å². The van der Waals surface area contributed by atoms with Crippen molar-refractivity contribution >= 4 is 32.5 Å². The Morgan fingerprint density at radius 2 is 1.58 bits per heavy atom. The first-order chi connectivity index (χ1) is 16.2. The molecule has 5 aromatic rings. The fourth-order valence-corrected chi connectivity index (χ4v) is 4.57. The molecule has 0 aliphatic carbocycles. The van der Waals surface area contributed by atoms with E-state index in [1.807, 2.05) is 42.5 Å². The van der Waals surface area contributed by atoms with Crippen molar-refractivity contribution in [2.75, 3.05) is 13.2 Å². The van der Waals surface area contributed by atoms with Crippen LogP contribution in [0.4, 0.5) is 0 Å². The van der Waals surface area contributed by atoms with E-state index in [0.717, 1.165) is 46.5 Å². The predicted molar refractivity (Wildman–Crippen MR) is 132 cm³/mol. The maximum absolute atomic E-state index is 11.4.